The predicted molar refractivity (Wildman–Crippen MR) is 62.6 cm³/mol. The third kappa shape index (κ3) is 2.20. The van der Waals surface area contributed by atoms with Crippen molar-refractivity contribution in [2.24, 2.45) is 0 Å². The molecule has 17 heavy (non-hydrogen) atoms. The standard InChI is InChI=1S/C13H12FNO2/c1-9-13(17)12(16)6-7-15(9)8-10-4-2-3-5-11(10)14/h2-7,17H,8H2,1H3. The maximum absolute atomic E-state index is 13.4. The minimum Gasteiger partial charge on any atom is -0.503 e. The van der Waals surface area contributed by atoms with Gasteiger partial charge >= 0.3 is 0 Å². The highest BCUT2D eigenvalue weighted by molar-refractivity contribution is 5.27. The second-order valence-corrected chi connectivity index (χ2v) is 3.83. The van der Waals surface area contributed by atoms with E-state index in [1.165, 1.54) is 12.1 Å². The van der Waals surface area contributed by atoms with Crippen molar-refractivity contribution in [2.75, 3.05) is 0 Å². The number of halogens is 1. The molecule has 0 amide bonds. The Labute approximate surface area is 97.8 Å². The zero-order valence-electron chi connectivity index (χ0n) is 9.35. The van der Waals surface area contributed by atoms with Crippen LogP contribution in [-0.2, 0) is 6.54 Å². The fourth-order valence-electron chi connectivity index (χ4n) is 1.64. The van der Waals surface area contributed by atoms with Crippen LogP contribution in [0.3, 0.4) is 0 Å². The Morgan fingerprint density at radius 3 is 2.71 bits per heavy atom. The number of aromatic hydroxyl groups is 1. The summed E-state index contributed by atoms with van der Waals surface area (Å²) in [6.07, 6.45) is 1.55. The van der Waals surface area contributed by atoms with Gasteiger partial charge in [-0.25, -0.2) is 4.39 Å². The number of hydrogen-bond acceptors (Lipinski definition) is 2. The van der Waals surface area contributed by atoms with Crippen molar-refractivity contribution in [1.82, 2.24) is 4.57 Å². The van der Waals surface area contributed by atoms with Crippen LogP contribution in [0.1, 0.15) is 11.3 Å². The van der Waals surface area contributed by atoms with E-state index in [0.29, 0.717) is 11.3 Å². The van der Waals surface area contributed by atoms with E-state index in [1.807, 2.05) is 0 Å². The average Bonchev–Trinajstić information content (AvgIpc) is 2.32. The Morgan fingerprint density at radius 1 is 1.29 bits per heavy atom. The molecule has 0 saturated heterocycles. The minimum absolute atomic E-state index is 0.284. The molecule has 1 heterocycles. The Hall–Kier alpha value is -2.10. The van der Waals surface area contributed by atoms with Gasteiger partial charge in [0.15, 0.2) is 5.75 Å². The normalized spacial score (nSPS) is 10.5. The van der Waals surface area contributed by atoms with E-state index in [1.54, 1.807) is 35.9 Å². The van der Waals surface area contributed by atoms with Crippen LogP contribution >= 0.6 is 0 Å². The van der Waals surface area contributed by atoms with E-state index in [0.717, 1.165) is 0 Å². The zero-order chi connectivity index (χ0) is 12.4. The molecule has 0 radical (unpaired) electrons. The third-order valence-corrected chi connectivity index (χ3v) is 2.71. The molecule has 0 aliphatic rings. The number of aromatic nitrogens is 1. The summed E-state index contributed by atoms with van der Waals surface area (Å²) >= 11 is 0. The number of pyridine rings is 1. The summed E-state index contributed by atoms with van der Waals surface area (Å²) < 4.78 is 15.1. The largest absolute Gasteiger partial charge is 0.503 e. The lowest BCUT2D eigenvalue weighted by Gasteiger charge is -2.11. The summed E-state index contributed by atoms with van der Waals surface area (Å²) in [5.74, 6) is -0.589. The average molecular weight is 233 g/mol. The van der Waals surface area contributed by atoms with Gasteiger partial charge in [0, 0.05) is 17.8 Å². The fourth-order valence-corrected chi connectivity index (χ4v) is 1.64. The Balaban J connectivity index is 2.41. The van der Waals surface area contributed by atoms with Crippen molar-refractivity contribution in [1.29, 1.82) is 0 Å². The molecule has 0 spiro atoms. The molecule has 3 nitrogen and oxygen atoms in total. The molecular formula is C13H12FNO2. The van der Waals surface area contributed by atoms with E-state index in [4.69, 9.17) is 0 Å². The molecule has 0 bridgehead atoms. The molecule has 0 atom stereocenters. The van der Waals surface area contributed by atoms with Gasteiger partial charge < -0.3 is 9.67 Å². The van der Waals surface area contributed by atoms with E-state index in [-0.39, 0.29) is 18.1 Å². The highest BCUT2D eigenvalue weighted by Gasteiger charge is 2.07. The monoisotopic (exact) mass is 233 g/mol. The van der Waals surface area contributed by atoms with Gasteiger partial charge in [-0.1, -0.05) is 18.2 Å². The van der Waals surface area contributed by atoms with Crippen LogP contribution in [0.25, 0.3) is 0 Å². The van der Waals surface area contributed by atoms with Crippen molar-refractivity contribution < 1.29 is 9.50 Å². The summed E-state index contributed by atoms with van der Waals surface area (Å²) in [6, 6.07) is 7.69. The molecular weight excluding hydrogens is 221 g/mol. The molecule has 4 heteroatoms. The number of nitrogens with zero attached hydrogens (tertiary/aromatic N) is 1. The maximum atomic E-state index is 13.4. The highest BCUT2D eigenvalue weighted by Crippen LogP contribution is 2.13. The van der Waals surface area contributed by atoms with Gasteiger partial charge in [-0.3, -0.25) is 4.79 Å². The van der Waals surface area contributed by atoms with Crippen LogP contribution in [0, 0.1) is 12.7 Å². The minimum atomic E-state index is -0.424. The van der Waals surface area contributed by atoms with E-state index >= 15 is 0 Å². The number of rotatable bonds is 2. The highest BCUT2D eigenvalue weighted by atomic mass is 19.1. The first-order chi connectivity index (χ1) is 8.09. The quantitative estimate of drug-likeness (QED) is 0.862. The topological polar surface area (TPSA) is 42.2 Å². The molecule has 2 aromatic rings. The summed E-state index contributed by atoms with van der Waals surface area (Å²) in [5, 5.41) is 9.51. The molecule has 0 saturated carbocycles. The Kier molecular flexibility index (Phi) is 2.95. The van der Waals surface area contributed by atoms with Crippen molar-refractivity contribution >= 4 is 0 Å². The van der Waals surface area contributed by atoms with E-state index in [9.17, 15) is 14.3 Å². The van der Waals surface area contributed by atoms with E-state index < -0.39 is 5.43 Å². The summed E-state index contributed by atoms with van der Waals surface area (Å²) in [4.78, 5) is 11.2. The van der Waals surface area contributed by atoms with Crippen LogP contribution in [0.2, 0.25) is 0 Å². The molecule has 1 aromatic carbocycles. The maximum Gasteiger partial charge on any atom is 0.223 e. The first-order valence-electron chi connectivity index (χ1n) is 5.22. The Bertz CT molecular complexity index is 605. The summed E-state index contributed by atoms with van der Waals surface area (Å²) in [5.41, 5.74) is 0.520. The van der Waals surface area contributed by atoms with Crippen LogP contribution < -0.4 is 5.43 Å². The zero-order valence-corrected chi connectivity index (χ0v) is 9.35. The lowest BCUT2D eigenvalue weighted by atomic mass is 10.2. The molecule has 0 aliphatic heterocycles. The lowest BCUT2D eigenvalue weighted by Crippen LogP contribution is -2.11. The van der Waals surface area contributed by atoms with Crippen molar-refractivity contribution in [2.45, 2.75) is 13.5 Å². The van der Waals surface area contributed by atoms with Gasteiger partial charge in [0.05, 0.1) is 12.2 Å². The van der Waals surface area contributed by atoms with E-state index in [2.05, 4.69) is 0 Å². The number of hydrogen-bond donors (Lipinski definition) is 1. The van der Waals surface area contributed by atoms with Gasteiger partial charge in [-0.15, -0.1) is 0 Å². The van der Waals surface area contributed by atoms with Crippen molar-refractivity contribution in [3.63, 3.8) is 0 Å². The predicted octanol–water partition coefficient (Wildman–Crippen LogP) is 2.05. The molecule has 88 valence electrons. The first kappa shape index (κ1) is 11.4. The molecule has 0 aliphatic carbocycles. The van der Waals surface area contributed by atoms with Crippen molar-refractivity contribution in [3.05, 3.63) is 63.8 Å². The van der Waals surface area contributed by atoms with Crippen LogP contribution in [-0.4, -0.2) is 9.67 Å². The molecule has 2 rings (SSSR count). The molecule has 0 unspecified atom stereocenters. The molecule has 0 fully saturated rings. The van der Waals surface area contributed by atoms with Gasteiger partial charge in [-0.05, 0) is 13.0 Å². The summed E-state index contributed by atoms with van der Waals surface area (Å²) in [7, 11) is 0. The summed E-state index contributed by atoms with van der Waals surface area (Å²) in [6.45, 7) is 1.91. The van der Waals surface area contributed by atoms with Gasteiger partial charge in [0.1, 0.15) is 5.82 Å². The smallest absolute Gasteiger partial charge is 0.223 e. The number of benzene rings is 1. The van der Waals surface area contributed by atoms with Gasteiger partial charge in [0.2, 0.25) is 5.43 Å². The Morgan fingerprint density at radius 2 is 2.00 bits per heavy atom. The van der Waals surface area contributed by atoms with Crippen molar-refractivity contribution in [3.8, 4) is 5.75 Å². The van der Waals surface area contributed by atoms with Gasteiger partial charge in [-0.2, -0.15) is 0 Å². The first-order valence-corrected chi connectivity index (χ1v) is 5.22. The second kappa shape index (κ2) is 4.41. The second-order valence-electron chi connectivity index (χ2n) is 3.83. The SMILES string of the molecule is Cc1c(O)c(=O)ccn1Cc1ccccc1F. The van der Waals surface area contributed by atoms with Crippen LogP contribution in [0.4, 0.5) is 4.39 Å². The fraction of sp³-hybridized carbons (Fsp3) is 0.154. The van der Waals surface area contributed by atoms with Crippen LogP contribution in [0.5, 0.6) is 5.75 Å². The van der Waals surface area contributed by atoms with Gasteiger partial charge in [0.25, 0.3) is 0 Å². The third-order valence-electron chi connectivity index (χ3n) is 2.71. The lowest BCUT2D eigenvalue weighted by molar-refractivity contribution is 0.454. The molecule has 1 N–H and O–H groups in total. The molecule has 1 aromatic heterocycles. The van der Waals surface area contributed by atoms with Crippen LogP contribution in [0.15, 0.2) is 41.3 Å².